The van der Waals surface area contributed by atoms with Crippen molar-refractivity contribution in [3.05, 3.63) is 16.3 Å². The van der Waals surface area contributed by atoms with Crippen LogP contribution in [0.5, 0.6) is 5.75 Å². The topological polar surface area (TPSA) is 55.4 Å². The molecule has 1 rings (SSSR count). The molecule has 1 aromatic rings. The highest BCUT2D eigenvalue weighted by Crippen LogP contribution is 2.24. The Labute approximate surface area is 98.6 Å². The molecule has 0 radical (unpaired) electrons. The largest absolute Gasteiger partial charge is 0.482 e. The summed E-state index contributed by atoms with van der Waals surface area (Å²) >= 11 is 1.32. The molecule has 0 saturated heterocycles. The van der Waals surface area contributed by atoms with E-state index in [2.05, 4.69) is 5.32 Å². The molecule has 0 aliphatic rings. The number of ketones is 1. The Morgan fingerprint density at radius 2 is 2.25 bits per heavy atom. The van der Waals surface area contributed by atoms with E-state index in [1.165, 1.54) is 18.3 Å². The zero-order chi connectivity index (χ0) is 12.0. The molecule has 0 bridgehead atoms. The van der Waals surface area contributed by atoms with Gasteiger partial charge in [0.1, 0.15) is 10.6 Å². The fourth-order valence-corrected chi connectivity index (χ4v) is 1.86. The standard InChI is InChI=1S/C11H15NO3S/c1-3-5-12-10(14)7-15-9-4-6-16-11(9)8(2)13/h4,6H,3,5,7H2,1-2H3,(H,12,14). The molecule has 1 amide bonds. The van der Waals surface area contributed by atoms with Gasteiger partial charge in [-0.2, -0.15) is 0 Å². The van der Waals surface area contributed by atoms with Crippen LogP contribution in [0.15, 0.2) is 11.4 Å². The second-order valence-corrected chi connectivity index (χ2v) is 4.22. The molecule has 16 heavy (non-hydrogen) atoms. The van der Waals surface area contributed by atoms with E-state index in [1.807, 2.05) is 6.92 Å². The molecule has 0 fully saturated rings. The first kappa shape index (κ1) is 12.7. The summed E-state index contributed by atoms with van der Waals surface area (Å²) in [4.78, 5) is 23.0. The number of rotatable bonds is 6. The van der Waals surface area contributed by atoms with Crippen molar-refractivity contribution in [2.75, 3.05) is 13.2 Å². The molecule has 0 saturated carbocycles. The summed E-state index contributed by atoms with van der Waals surface area (Å²) in [6.45, 7) is 4.06. The Kier molecular flexibility index (Phi) is 4.98. The van der Waals surface area contributed by atoms with Crippen molar-refractivity contribution in [1.29, 1.82) is 0 Å². The maximum absolute atomic E-state index is 11.3. The molecule has 0 atom stereocenters. The summed E-state index contributed by atoms with van der Waals surface area (Å²) in [7, 11) is 0. The zero-order valence-electron chi connectivity index (χ0n) is 9.41. The first-order valence-electron chi connectivity index (χ1n) is 5.13. The second-order valence-electron chi connectivity index (χ2n) is 3.31. The minimum Gasteiger partial charge on any atom is -0.482 e. The van der Waals surface area contributed by atoms with Crippen molar-refractivity contribution < 1.29 is 14.3 Å². The summed E-state index contributed by atoms with van der Waals surface area (Å²) in [5.74, 6) is 0.283. The minimum absolute atomic E-state index is 0.0426. The Morgan fingerprint density at radius 3 is 2.88 bits per heavy atom. The number of carbonyl (C=O) groups excluding carboxylic acids is 2. The van der Waals surface area contributed by atoms with Crippen LogP contribution < -0.4 is 10.1 Å². The van der Waals surface area contributed by atoms with Gasteiger partial charge in [0.25, 0.3) is 5.91 Å². The average molecular weight is 241 g/mol. The quantitative estimate of drug-likeness (QED) is 0.773. The van der Waals surface area contributed by atoms with Crippen molar-refractivity contribution in [2.24, 2.45) is 0 Å². The molecule has 1 aromatic heterocycles. The van der Waals surface area contributed by atoms with Gasteiger partial charge >= 0.3 is 0 Å². The Bertz CT molecular complexity index is 373. The predicted molar refractivity (Wildman–Crippen MR) is 63.1 cm³/mol. The molecule has 0 aromatic carbocycles. The molecule has 5 heteroatoms. The lowest BCUT2D eigenvalue weighted by molar-refractivity contribution is -0.123. The minimum atomic E-state index is -0.164. The summed E-state index contributed by atoms with van der Waals surface area (Å²) in [5, 5.41) is 4.47. The number of nitrogens with one attached hydrogen (secondary N) is 1. The van der Waals surface area contributed by atoms with E-state index in [4.69, 9.17) is 4.74 Å². The molecule has 1 heterocycles. The molecular formula is C11H15NO3S. The highest BCUT2D eigenvalue weighted by molar-refractivity contribution is 7.12. The van der Waals surface area contributed by atoms with Crippen LogP contribution in [-0.4, -0.2) is 24.8 Å². The van der Waals surface area contributed by atoms with Gasteiger partial charge in [0.15, 0.2) is 12.4 Å². The van der Waals surface area contributed by atoms with E-state index >= 15 is 0 Å². The normalized spacial score (nSPS) is 9.88. The third-order valence-corrected chi connectivity index (χ3v) is 2.88. The van der Waals surface area contributed by atoms with Crippen molar-refractivity contribution in [1.82, 2.24) is 5.32 Å². The summed E-state index contributed by atoms with van der Waals surface area (Å²) < 4.78 is 5.27. The number of Topliss-reactive ketones (excluding diaryl/α,β-unsaturated/α-hetero) is 1. The fraction of sp³-hybridized carbons (Fsp3) is 0.455. The van der Waals surface area contributed by atoms with Crippen molar-refractivity contribution in [2.45, 2.75) is 20.3 Å². The van der Waals surface area contributed by atoms with E-state index in [0.717, 1.165) is 6.42 Å². The monoisotopic (exact) mass is 241 g/mol. The molecule has 0 spiro atoms. The van der Waals surface area contributed by atoms with Crippen molar-refractivity contribution in [3.8, 4) is 5.75 Å². The van der Waals surface area contributed by atoms with Gasteiger partial charge in [0, 0.05) is 13.5 Å². The number of thiophene rings is 1. The van der Waals surface area contributed by atoms with Gasteiger partial charge in [-0.3, -0.25) is 9.59 Å². The Morgan fingerprint density at radius 1 is 1.50 bits per heavy atom. The van der Waals surface area contributed by atoms with Gasteiger partial charge in [-0.1, -0.05) is 6.92 Å². The third kappa shape index (κ3) is 3.66. The number of hydrogen-bond acceptors (Lipinski definition) is 4. The molecule has 1 N–H and O–H groups in total. The summed E-state index contributed by atoms with van der Waals surface area (Å²) in [6, 6.07) is 1.70. The SMILES string of the molecule is CCCNC(=O)COc1ccsc1C(C)=O. The van der Waals surface area contributed by atoms with Crippen LogP contribution in [0, 0.1) is 0 Å². The smallest absolute Gasteiger partial charge is 0.257 e. The Hall–Kier alpha value is -1.36. The van der Waals surface area contributed by atoms with E-state index in [0.29, 0.717) is 17.2 Å². The fourth-order valence-electron chi connectivity index (χ4n) is 1.13. The average Bonchev–Trinajstić information content (AvgIpc) is 2.71. The number of hydrogen-bond donors (Lipinski definition) is 1. The van der Waals surface area contributed by atoms with E-state index < -0.39 is 0 Å². The van der Waals surface area contributed by atoms with Gasteiger partial charge in [0.05, 0.1) is 0 Å². The van der Waals surface area contributed by atoms with Gasteiger partial charge < -0.3 is 10.1 Å². The van der Waals surface area contributed by atoms with Crippen LogP contribution in [-0.2, 0) is 4.79 Å². The lowest BCUT2D eigenvalue weighted by atomic mass is 10.3. The van der Waals surface area contributed by atoms with Crippen molar-refractivity contribution >= 4 is 23.0 Å². The number of carbonyl (C=O) groups is 2. The molecule has 0 unspecified atom stereocenters. The lowest BCUT2D eigenvalue weighted by Crippen LogP contribution is -2.29. The highest BCUT2D eigenvalue weighted by atomic mass is 32.1. The van der Waals surface area contributed by atoms with Crippen LogP contribution in [0.25, 0.3) is 0 Å². The van der Waals surface area contributed by atoms with Crippen LogP contribution in [0.4, 0.5) is 0 Å². The first-order valence-corrected chi connectivity index (χ1v) is 6.01. The predicted octanol–water partition coefficient (Wildman–Crippen LogP) is 1.86. The van der Waals surface area contributed by atoms with Crippen molar-refractivity contribution in [3.63, 3.8) is 0 Å². The van der Waals surface area contributed by atoms with E-state index in [9.17, 15) is 9.59 Å². The van der Waals surface area contributed by atoms with Gasteiger partial charge in [-0.25, -0.2) is 0 Å². The number of ether oxygens (including phenoxy) is 1. The molecular weight excluding hydrogens is 226 g/mol. The molecule has 4 nitrogen and oxygen atoms in total. The maximum atomic E-state index is 11.3. The summed E-state index contributed by atoms with van der Waals surface area (Å²) in [6.07, 6.45) is 0.892. The second kappa shape index (κ2) is 6.27. The third-order valence-electron chi connectivity index (χ3n) is 1.88. The van der Waals surface area contributed by atoms with Crippen LogP contribution >= 0.6 is 11.3 Å². The molecule has 0 aliphatic carbocycles. The number of amides is 1. The first-order chi connectivity index (χ1) is 7.65. The van der Waals surface area contributed by atoms with Crippen LogP contribution in [0.3, 0.4) is 0 Å². The maximum Gasteiger partial charge on any atom is 0.257 e. The van der Waals surface area contributed by atoms with Gasteiger partial charge in [0.2, 0.25) is 0 Å². The van der Waals surface area contributed by atoms with Crippen LogP contribution in [0.2, 0.25) is 0 Å². The highest BCUT2D eigenvalue weighted by Gasteiger charge is 2.11. The van der Waals surface area contributed by atoms with E-state index in [-0.39, 0.29) is 18.3 Å². The van der Waals surface area contributed by atoms with Gasteiger partial charge in [-0.05, 0) is 17.9 Å². The van der Waals surface area contributed by atoms with Crippen LogP contribution in [0.1, 0.15) is 29.9 Å². The van der Waals surface area contributed by atoms with Gasteiger partial charge in [-0.15, -0.1) is 11.3 Å². The molecule has 88 valence electrons. The Balaban J connectivity index is 2.45. The molecule has 0 aliphatic heterocycles. The zero-order valence-corrected chi connectivity index (χ0v) is 10.2. The summed E-state index contributed by atoms with van der Waals surface area (Å²) in [5.41, 5.74) is 0. The lowest BCUT2D eigenvalue weighted by Gasteiger charge is -2.06. The van der Waals surface area contributed by atoms with E-state index in [1.54, 1.807) is 11.4 Å².